The van der Waals surface area contributed by atoms with Gasteiger partial charge in [0.1, 0.15) is 6.42 Å². The van der Waals surface area contributed by atoms with Crippen LogP contribution in [-0.4, -0.2) is 57.9 Å². The first-order valence-corrected chi connectivity index (χ1v) is 10.4. The quantitative estimate of drug-likeness (QED) is 0.498. The molecule has 11 nitrogen and oxygen atoms in total. The molecule has 0 radical (unpaired) electrons. The van der Waals surface area contributed by atoms with Crippen LogP contribution in [0.5, 0.6) is 0 Å². The van der Waals surface area contributed by atoms with E-state index in [1.165, 1.54) is 30.5 Å². The van der Waals surface area contributed by atoms with Crippen LogP contribution in [0.25, 0.3) is 5.76 Å². The van der Waals surface area contributed by atoms with Gasteiger partial charge in [0.25, 0.3) is 15.9 Å². The molecule has 160 valence electrons. The van der Waals surface area contributed by atoms with Crippen LogP contribution in [0, 0.1) is 6.92 Å². The van der Waals surface area contributed by atoms with Crippen molar-refractivity contribution in [2.45, 2.75) is 18.2 Å². The minimum absolute atomic E-state index is 0.0401. The highest BCUT2D eigenvalue weighted by Gasteiger charge is 2.37. The van der Waals surface area contributed by atoms with Gasteiger partial charge in [0.2, 0.25) is 0 Å². The van der Waals surface area contributed by atoms with Crippen molar-refractivity contribution in [1.29, 1.82) is 0 Å². The van der Waals surface area contributed by atoms with Gasteiger partial charge in [0, 0.05) is 23.7 Å². The summed E-state index contributed by atoms with van der Waals surface area (Å²) in [5.74, 6) is -3.75. The van der Waals surface area contributed by atoms with E-state index >= 15 is 0 Å². The number of thiazole rings is 1. The van der Waals surface area contributed by atoms with Gasteiger partial charge in [-0.25, -0.2) is 13.4 Å². The molecule has 0 spiro atoms. The van der Waals surface area contributed by atoms with Crippen LogP contribution in [-0.2, 0) is 24.4 Å². The SMILES string of the molecule is Cc1cnc(NC(=O)C2=C(O)c3ccccc3S(=O)(=O)N2C)s1.O=C(O)CC(=O)O. The fourth-order valence-electron chi connectivity index (χ4n) is 2.38. The molecule has 13 heteroatoms. The van der Waals surface area contributed by atoms with E-state index in [1.54, 1.807) is 18.3 Å². The number of nitrogens with zero attached hydrogens (tertiary/aromatic N) is 2. The lowest BCUT2D eigenvalue weighted by molar-refractivity contribution is -0.147. The molecule has 0 saturated heterocycles. The van der Waals surface area contributed by atoms with E-state index in [0.717, 1.165) is 9.18 Å². The van der Waals surface area contributed by atoms with E-state index < -0.39 is 34.3 Å². The normalized spacial score (nSPS) is 14.3. The summed E-state index contributed by atoms with van der Waals surface area (Å²) >= 11 is 1.25. The molecule has 2 heterocycles. The van der Waals surface area contributed by atoms with E-state index in [4.69, 9.17) is 10.2 Å². The first kappa shape index (κ1) is 22.8. The Labute approximate surface area is 175 Å². The molecule has 1 aromatic carbocycles. The first-order valence-electron chi connectivity index (χ1n) is 8.14. The number of aromatic nitrogens is 1. The molecule has 3 rings (SSSR count). The average Bonchev–Trinajstić information content (AvgIpc) is 3.04. The van der Waals surface area contributed by atoms with E-state index in [-0.39, 0.29) is 21.9 Å². The van der Waals surface area contributed by atoms with Gasteiger partial charge in [0.05, 0.1) is 4.90 Å². The predicted octanol–water partition coefficient (Wildman–Crippen LogP) is 1.50. The highest BCUT2D eigenvalue weighted by atomic mass is 32.2. The molecule has 0 atom stereocenters. The molecule has 0 aliphatic carbocycles. The Morgan fingerprint density at radius 3 is 2.27 bits per heavy atom. The second-order valence-electron chi connectivity index (χ2n) is 5.86. The topological polar surface area (TPSA) is 174 Å². The molecule has 30 heavy (non-hydrogen) atoms. The molecule has 1 aliphatic heterocycles. The number of carboxylic acid groups (broad SMARTS) is 2. The third-order valence-electron chi connectivity index (χ3n) is 3.68. The van der Waals surface area contributed by atoms with Crippen LogP contribution in [0.4, 0.5) is 5.13 Å². The van der Waals surface area contributed by atoms with Crippen molar-refractivity contribution in [2.24, 2.45) is 0 Å². The van der Waals surface area contributed by atoms with Gasteiger partial charge in [-0.2, -0.15) is 0 Å². The van der Waals surface area contributed by atoms with Gasteiger partial charge in [-0.3, -0.25) is 24.0 Å². The second kappa shape index (κ2) is 8.92. The molecule has 4 N–H and O–H groups in total. The zero-order valence-corrected chi connectivity index (χ0v) is 17.3. The minimum atomic E-state index is -3.90. The molecule has 1 amide bonds. The van der Waals surface area contributed by atoms with Crippen LogP contribution < -0.4 is 5.32 Å². The summed E-state index contributed by atoms with van der Waals surface area (Å²) in [6.45, 7) is 1.83. The largest absolute Gasteiger partial charge is 0.505 e. The van der Waals surface area contributed by atoms with Crippen LogP contribution in [0.2, 0.25) is 0 Å². The van der Waals surface area contributed by atoms with Crippen molar-refractivity contribution in [3.8, 4) is 0 Å². The van der Waals surface area contributed by atoms with E-state index in [2.05, 4.69) is 10.3 Å². The predicted molar refractivity (Wildman–Crippen MR) is 106 cm³/mol. The Kier molecular flexibility index (Phi) is 6.79. The molecule has 0 saturated carbocycles. The molecule has 0 fully saturated rings. The Morgan fingerprint density at radius 1 is 1.17 bits per heavy atom. The van der Waals surface area contributed by atoms with Gasteiger partial charge < -0.3 is 15.3 Å². The Balaban J connectivity index is 0.000000396. The van der Waals surface area contributed by atoms with Crippen LogP contribution in [0.1, 0.15) is 16.9 Å². The number of carboxylic acids is 2. The van der Waals surface area contributed by atoms with Gasteiger partial charge in [0.15, 0.2) is 16.6 Å². The zero-order chi connectivity index (χ0) is 22.6. The number of aliphatic hydroxyl groups excluding tert-OH is 1. The maximum atomic E-state index is 12.5. The number of carbonyl (C=O) groups excluding carboxylic acids is 1. The monoisotopic (exact) mass is 455 g/mol. The molecular formula is C17H17N3O8S2. The van der Waals surface area contributed by atoms with Crippen molar-refractivity contribution in [1.82, 2.24) is 9.29 Å². The third kappa shape index (κ3) is 4.93. The van der Waals surface area contributed by atoms with Crippen molar-refractivity contribution in [3.63, 3.8) is 0 Å². The number of carbonyl (C=O) groups is 3. The smallest absolute Gasteiger partial charge is 0.314 e. The van der Waals surface area contributed by atoms with Gasteiger partial charge in [-0.1, -0.05) is 12.1 Å². The average molecular weight is 455 g/mol. The summed E-state index contributed by atoms with van der Waals surface area (Å²) in [4.78, 5) is 36.1. The Hall–Kier alpha value is -3.45. The fraction of sp³-hybridized carbons (Fsp3) is 0.176. The number of aryl methyl sites for hydroxylation is 1. The first-order chi connectivity index (χ1) is 13.9. The van der Waals surface area contributed by atoms with Gasteiger partial charge in [-0.05, 0) is 19.1 Å². The Bertz CT molecular complexity index is 1130. The van der Waals surface area contributed by atoms with E-state index in [9.17, 15) is 27.9 Å². The summed E-state index contributed by atoms with van der Waals surface area (Å²) in [6.07, 6.45) is 0.783. The summed E-state index contributed by atoms with van der Waals surface area (Å²) in [6, 6.07) is 5.99. The lowest BCUT2D eigenvalue weighted by Gasteiger charge is -2.28. The van der Waals surface area contributed by atoms with Crippen LogP contribution >= 0.6 is 11.3 Å². The lowest BCUT2D eigenvalue weighted by atomic mass is 10.1. The number of nitrogens with one attached hydrogen (secondary N) is 1. The molecule has 1 aromatic heterocycles. The Morgan fingerprint density at radius 2 is 1.77 bits per heavy atom. The fourth-order valence-corrected chi connectivity index (χ4v) is 4.44. The maximum absolute atomic E-state index is 12.5. The van der Waals surface area contributed by atoms with Crippen molar-refractivity contribution in [2.75, 3.05) is 12.4 Å². The number of amides is 1. The summed E-state index contributed by atoms with van der Waals surface area (Å²) in [5, 5.41) is 28.6. The number of sulfonamides is 1. The summed E-state index contributed by atoms with van der Waals surface area (Å²) in [5.41, 5.74) is -0.234. The van der Waals surface area contributed by atoms with Crippen molar-refractivity contribution < 1.29 is 38.1 Å². The van der Waals surface area contributed by atoms with Crippen LogP contribution in [0.15, 0.2) is 41.1 Å². The third-order valence-corrected chi connectivity index (χ3v) is 6.32. The zero-order valence-electron chi connectivity index (χ0n) is 15.7. The van der Waals surface area contributed by atoms with Gasteiger partial charge in [-0.15, -0.1) is 11.3 Å². The number of hydrogen-bond donors (Lipinski definition) is 4. The molecule has 1 aliphatic rings. The number of likely N-dealkylation sites (N-methyl/N-ethyl adjacent to an activating group) is 1. The summed E-state index contributed by atoms with van der Waals surface area (Å²) < 4.78 is 25.8. The minimum Gasteiger partial charge on any atom is -0.505 e. The number of fused-ring (bicyclic) bond motifs is 1. The molecule has 0 bridgehead atoms. The maximum Gasteiger partial charge on any atom is 0.314 e. The van der Waals surface area contributed by atoms with E-state index in [0.29, 0.717) is 5.13 Å². The molecule has 0 unspecified atom stereocenters. The van der Waals surface area contributed by atoms with Crippen molar-refractivity contribution in [3.05, 3.63) is 46.6 Å². The highest BCUT2D eigenvalue weighted by molar-refractivity contribution is 7.89. The lowest BCUT2D eigenvalue weighted by Crippen LogP contribution is -2.37. The van der Waals surface area contributed by atoms with Gasteiger partial charge >= 0.3 is 11.9 Å². The second-order valence-corrected chi connectivity index (χ2v) is 9.03. The summed E-state index contributed by atoms with van der Waals surface area (Å²) in [7, 11) is -2.67. The molecule has 2 aromatic rings. The number of aliphatic carboxylic acids is 2. The van der Waals surface area contributed by atoms with Crippen molar-refractivity contribution >= 4 is 50.1 Å². The number of benzene rings is 1. The van der Waals surface area contributed by atoms with Crippen LogP contribution in [0.3, 0.4) is 0 Å². The number of anilines is 1. The highest BCUT2D eigenvalue weighted by Crippen LogP contribution is 2.34. The molecular weight excluding hydrogens is 438 g/mol. The number of aliphatic hydroxyl groups is 1. The van der Waals surface area contributed by atoms with E-state index in [1.807, 2.05) is 6.92 Å². The number of hydrogen-bond acceptors (Lipinski definition) is 8. The number of rotatable bonds is 4. The standard InChI is InChI=1S/C14H13N3O4S2.C3H4O4/c1-8-7-15-14(22-8)16-13(19)11-12(18)9-5-3-4-6-10(9)23(20,21)17(11)2;4-2(5)1-3(6)7/h3-7,18H,1-2H3,(H,15,16,19);1H2,(H,4,5)(H,6,7).